The molecule has 0 radical (unpaired) electrons. The standard InChI is InChI=1S/C14H18N2/c1-10-4-5-13(11(2)8-10)6-7-14-12(3)15-9-16-14/h4-5,8-9H,6-7H2,1-3H3,(H,15,16). The molecule has 0 aliphatic heterocycles. The second-order valence-corrected chi connectivity index (χ2v) is 4.40. The van der Waals surface area contributed by atoms with Gasteiger partial charge in [-0.05, 0) is 44.7 Å². The Morgan fingerprint density at radius 2 is 1.94 bits per heavy atom. The number of aryl methyl sites for hydroxylation is 5. The topological polar surface area (TPSA) is 28.7 Å². The molecule has 0 fully saturated rings. The second kappa shape index (κ2) is 4.52. The molecule has 1 N–H and O–H groups in total. The SMILES string of the molecule is Cc1ccc(CCc2nc[nH]c2C)c(C)c1. The zero-order valence-corrected chi connectivity index (χ0v) is 10.2. The minimum Gasteiger partial charge on any atom is -0.348 e. The third-order valence-corrected chi connectivity index (χ3v) is 3.06. The first-order chi connectivity index (χ1) is 7.66. The molecule has 0 atom stereocenters. The van der Waals surface area contributed by atoms with Crippen molar-refractivity contribution < 1.29 is 0 Å². The molecule has 0 saturated heterocycles. The van der Waals surface area contributed by atoms with Gasteiger partial charge in [0.2, 0.25) is 0 Å². The third kappa shape index (κ3) is 2.32. The largest absolute Gasteiger partial charge is 0.348 e. The van der Waals surface area contributed by atoms with Crippen molar-refractivity contribution in [1.82, 2.24) is 9.97 Å². The van der Waals surface area contributed by atoms with Gasteiger partial charge in [-0.25, -0.2) is 4.98 Å². The predicted octanol–water partition coefficient (Wildman–Crippen LogP) is 3.12. The van der Waals surface area contributed by atoms with Gasteiger partial charge in [0.05, 0.1) is 12.0 Å². The van der Waals surface area contributed by atoms with Crippen LogP contribution in [0.1, 0.15) is 28.1 Å². The maximum absolute atomic E-state index is 4.32. The lowest BCUT2D eigenvalue weighted by molar-refractivity contribution is 0.905. The van der Waals surface area contributed by atoms with Crippen molar-refractivity contribution in [3.63, 3.8) is 0 Å². The summed E-state index contributed by atoms with van der Waals surface area (Å²) in [4.78, 5) is 7.44. The highest BCUT2D eigenvalue weighted by Gasteiger charge is 2.03. The van der Waals surface area contributed by atoms with Gasteiger partial charge in [-0.2, -0.15) is 0 Å². The Kier molecular flexibility index (Phi) is 3.09. The molecular formula is C14H18N2. The number of H-pyrrole nitrogens is 1. The number of nitrogens with zero attached hydrogens (tertiary/aromatic N) is 1. The summed E-state index contributed by atoms with van der Waals surface area (Å²) in [7, 11) is 0. The Hall–Kier alpha value is -1.57. The molecule has 0 aliphatic carbocycles. The van der Waals surface area contributed by atoms with E-state index >= 15 is 0 Å². The zero-order valence-electron chi connectivity index (χ0n) is 10.2. The molecule has 0 spiro atoms. The first kappa shape index (κ1) is 10.9. The molecule has 0 saturated carbocycles. The van der Waals surface area contributed by atoms with Crippen molar-refractivity contribution in [2.24, 2.45) is 0 Å². The minimum absolute atomic E-state index is 1.01. The van der Waals surface area contributed by atoms with E-state index in [-0.39, 0.29) is 0 Å². The molecule has 16 heavy (non-hydrogen) atoms. The van der Waals surface area contributed by atoms with E-state index in [1.54, 1.807) is 6.33 Å². The highest BCUT2D eigenvalue weighted by molar-refractivity contribution is 5.31. The minimum atomic E-state index is 1.01. The number of rotatable bonds is 3. The van der Waals surface area contributed by atoms with E-state index in [1.165, 1.54) is 28.1 Å². The third-order valence-electron chi connectivity index (χ3n) is 3.06. The first-order valence-electron chi connectivity index (χ1n) is 5.72. The summed E-state index contributed by atoms with van der Waals surface area (Å²) in [6, 6.07) is 6.65. The summed E-state index contributed by atoms with van der Waals surface area (Å²) in [5, 5.41) is 0. The molecule has 1 aromatic heterocycles. The fourth-order valence-corrected chi connectivity index (χ4v) is 2.02. The van der Waals surface area contributed by atoms with Crippen molar-refractivity contribution in [1.29, 1.82) is 0 Å². The molecule has 0 bridgehead atoms. The summed E-state index contributed by atoms with van der Waals surface area (Å²) < 4.78 is 0. The molecular weight excluding hydrogens is 196 g/mol. The highest BCUT2D eigenvalue weighted by Crippen LogP contribution is 2.13. The molecule has 2 aromatic rings. The number of hydrogen-bond acceptors (Lipinski definition) is 1. The molecule has 2 heteroatoms. The van der Waals surface area contributed by atoms with Crippen LogP contribution in [-0.4, -0.2) is 9.97 Å². The van der Waals surface area contributed by atoms with Gasteiger partial charge in [0.15, 0.2) is 0 Å². The Balaban J connectivity index is 2.08. The van der Waals surface area contributed by atoms with E-state index in [0.29, 0.717) is 0 Å². The Labute approximate surface area is 96.7 Å². The van der Waals surface area contributed by atoms with Gasteiger partial charge in [-0.3, -0.25) is 0 Å². The van der Waals surface area contributed by atoms with Crippen LogP contribution in [0.2, 0.25) is 0 Å². The highest BCUT2D eigenvalue weighted by atomic mass is 14.9. The molecule has 2 rings (SSSR count). The summed E-state index contributed by atoms with van der Waals surface area (Å²) in [5.74, 6) is 0. The molecule has 1 aromatic carbocycles. The molecule has 0 unspecified atom stereocenters. The van der Waals surface area contributed by atoms with Crippen LogP contribution in [0.5, 0.6) is 0 Å². The molecule has 84 valence electrons. The van der Waals surface area contributed by atoms with Crippen LogP contribution >= 0.6 is 0 Å². The Morgan fingerprint density at radius 1 is 1.12 bits per heavy atom. The van der Waals surface area contributed by atoms with Crippen LogP contribution in [0.4, 0.5) is 0 Å². The van der Waals surface area contributed by atoms with Gasteiger partial charge in [0.25, 0.3) is 0 Å². The van der Waals surface area contributed by atoms with Crippen LogP contribution < -0.4 is 0 Å². The maximum Gasteiger partial charge on any atom is 0.0925 e. The fraction of sp³-hybridized carbons (Fsp3) is 0.357. The average Bonchev–Trinajstić information content (AvgIpc) is 2.63. The number of benzene rings is 1. The van der Waals surface area contributed by atoms with Crippen LogP contribution in [-0.2, 0) is 12.8 Å². The van der Waals surface area contributed by atoms with E-state index in [4.69, 9.17) is 0 Å². The van der Waals surface area contributed by atoms with Crippen LogP contribution in [0.25, 0.3) is 0 Å². The summed E-state index contributed by atoms with van der Waals surface area (Å²) >= 11 is 0. The summed E-state index contributed by atoms with van der Waals surface area (Å²) in [6.07, 6.45) is 3.85. The van der Waals surface area contributed by atoms with Gasteiger partial charge in [0, 0.05) is 5.69 Å². The molecule has 0 aliphatic rings. The maximum atomic E-state index is 4.32. The summed E-state index contributed by atoms with van der Waals surface area (Å²) in [6.45, 7) is 6.39. The monoisotopic (exact) mass is 214 g/mol. The number of aromatic amines is 1. The van der Waals surface area contributed by atoms with Gasteiger partial charge in [-0.1, -0.05) is 23.8 Å². The van der Waals surface area contributed by atoms with Gasteiger partial charge in [-0.15, -0.1) is 0 Å². The first-order valence-corrected chi connectivity index (χ1v) is 5.72. The summed E-state index contributed by atoms with van der Waals surface area (Å²) in [5.41, 5.74) is 6.50. The van der Waals surface area contributed by atoms with Crippen LogP contribution in [0.15, 0.2) is 24.5 Å². The number of imidazole rings is 1. The van der Waals surface area contributed by atoms with Crippen molar-refractivity contribution >= 4 is 0 Å². The van der Waals surface area contributed by atoms with E-state index in [1.807, 2.05) is 0 Å². The Morgan fingerprint density at radius 3 is 2.56 bits per heavy atom. The second-order valence-electron chi connectivity index (χ2n) is 4.40. The zero-order chi connectivity index (χ0) is 11.5. The van der Waals surface area contributed by atoms with E-state index in [9.17, 15) is 0 Å². The van der Waals surface area contributed by atoms with Gasteiger partial charge in [0.1, 0.15) is 0 Å². The molecule has 2 nitrogen and oxygen atoms in total. The van der Waals surface area contributed by atoms with Gasteiger partial charge >= 0.3 is 0 Å². The van der Waals surface area contributed by atoms with Crippen molar-refractivity contribution in [2.45, 2.75) is 33.6 Å². The molecule has 1 heterocycles. The van der Waals surface area contributed by atoms with Crippen LogP contribution in [0.3, 0.4) is 0 Å². The lowest BCUT2D eigenvalue weighted by Gasteiger charge is -2.06. The van der Waals surface area contributed by atoms with Crippen molar-refractivity contribution in [3.05, 3.63) is 52.6 Å². The van der Waals surface area contributed by atoms with E-state index in [0.717, 1.165) is 12.8 Å². The van der Waals surface area contributed by atoms with Gasteiger partial charge < -0.3 is 4.98 Å². The fourth-order valence-electron chi connectivity index (χ4n) is 2.02. The average molecular weight is 214 g/mol. The number of aromatic nitrogens is 2. The lowest BCUT2D eigenvalue weighted by atomic mass is 10.0. The number of nitrogens with one attached hydrogen (secondary N) is 1. The van der Waals surface area contributed by atoms with Crippen LogP contribution in [0, 0.1) is 20.8 Å². The van der Waals surface area contributed by atoms with Crippen molar-refractivity contribution in [3.8, 4) is 0 Å². The Bertz CT molecular complexity index is 483. The molecule has 0 amide bonds. The number of hydrogen-bond donors (Lipinski definition) is 1. The predicted molar refractivity (Wildman–Crippen MR) is 66.6 cm³/mol. The lowest BCUT2D eigenvalue weighted by Crippen LogP contribution is -1.96. The van der Waals surface area contributed by atoms with E-state index < -0.39 is 0 Å². The normalized spacial score (nSPS) is 10.7. The quantitative estimate of drug-likeness (QED) is 0.835. The van der Waals surface area contributed by atoms with Crippen molar-refractivity contribution in [2.75, 3.05) is 0 Å². The smallest absolute Gasteiger partial charge is 0.0925 e. The van der Waals surface area contributed by atoms with E-state index in [2.05, 4.69) is 48.9 Å².